The van der Waals surface area contributed by atoms with Gasteiger partial charge in [0, 0.05) is 15.3 Å². The van der Waals surface area contributed by atoms with Crippen LogP contribution in [0.3, 0.4) is 0 Å². The molecule has 2 aromatic carbocycles. The number of ether oxygens (including phenoxy) is 2. The van der Waals surface area contributed by atoms with Crippen molar-refractivity contribution in [2.24, 2.45) is 0 Å². The lowest BCUT2D eigenvalue weighted by molar-refractivity contribution is 0.354. The topological polar surface area (TPSA) is 30.5 Å². The Kier molecular flexibility index (Phi) is 5.27. The Bertz CT molecular complexity index is 634. The van der Waals surface area contributed by atoms with Crippen LogP contribution in [0.2, 0.25) is 0 Å². The third-order valence-corrected chi connectivity index (χ3v) is 4.10. The number of nitrogens with one attached hydrogen (secondary N) is 1. The Morgan fingerprint density at radius 2 is 1.76 bits per heavy atom. The zero-order chi connectivity index (χ0) is 15.4. The maximum absolute atomic E-state index is 13.1. The lowest BCUT2D eigenvalue weighted by Crippen LogP contribution is -2.08. The molecular formula is C16H17FINO2. The van der Waals surface area contributed by atoms with Crippen molar-refractivity contribution in [3.63, 3.8) is 0 Å². The zero-order valence-electron chi connectivity index (χ0n) is 12.1. The van der Waals surface area contributed by atoms with Crippen LogP contribution in [0, 0.1) is 9.39 Å². The number of benzene rings is 2. The van der Waals surface area contributed by atoms with Crippen LogP contribution in [-0.4, -0.2) is 14.2 Å². The van der Waals surface area contributed by atoms with Crippen molar-refractivity contribution in [1.82, 2.24) is 0 Å². The van der Waals surface area contributed by atoms with Gasteiger partial charge in [0.1, 0.15) is 5.82 Å². The normalized spacial score (nSPS) is 11.9. The molecule has 0 amide bonds. The minimum atomic E-state index is -0.233. The number of halogens is 2. The molecule has 0 heterocycles. The van der Waals surface area contributed by atoms with Crippen molar-refractivity contribution >= 4 is 28.3 Å². The summed E-state index contributed by atoms with van der Waals surface area (Å²) in [4.78, 5) is 0. The van der Waals surface area contributed by atoms with Gasteiger partial charge in [-0.15, -0.1) is 0 Å². The molecule has 5 heteroatoms. The third-order valence-electron chi connectivity index (χ3n) is 3.21. The number of hydrogen-bond donors (Lipinski definition) is 1. The summed E-state index contributed by atoms with van der Waals surface area (Å²) >= 11 is 2.12. The number of hydrogen-bond acceptors (Lipinski definition) is 3. The molecule has 0 fully saturated rings. The van der Waals surface area contributed by atoms with Gasteiger partial charge < -0.3 is 14.8 Å². The number of rotatable bonds is 5. The van der Waals surface area contributed by atoms with Gasteiger partial charge in [0.05, 0.1) is 14.2 Å². The summed E-state index contributed by atoms with van der Waals surface area (Å²) in [7, 11) is 3.22. The van der Waals surface area contributed by atoms with Crippen LogP contribution in [0.4, 0.5) is 10.1 Å². The fraction of sp³-hybridized carbons (Fsp3) is 0.250. The van der Waals surface area contributed by atoms with Crippen molar-refractivity contribution in [1.29, 1.82) is 0 Å². The summed E-state index contributed by atoms with van der Waals surface area (Å²) in [5.74, 6) is 1.16. The van der Waals surface area contributed by atoms with Crippen LogP contribution in [-0.2, 0) is 0 Å². The van der Waals surface area contributed by atoms with E-state index >= 15 is 0 Å². The monoisotopic (exact) mass is 401 g/mol. The lowest BCUT2D eigenvalue weighted by Gasteiger charge is -2.18. The highest BCUT2D eigenvalue weighted by Gasteiger charge is 2.11. The van der Waals surface area contributed by atoms with Gasteiger partial charge in [0.2, 0.25) is 0 Å². The van der Waals surface area contributed by atoms with Gasteiger partial charge in [-0.3, -0.25) is 0 Å². The molecule has 2 aromatic rings. The van der Waals surface area contributed by atoms with Gasteiger partial charge >= 0.3 is 0 Å². The molecule has 0 aliphatic carbocycles. The van der Waals surface area contributed by atoms with E-state index in [-0.39, 0.29) is 11.9 Å². The molecule has 1 unspecified atom stereocenters. The standard InChI is InChI=1S/C16H17FINO2/c1-10(19-14-6-5-12(17)9-13(14)18)11-4-7-15(20-2)16(8-11)21-3/h4-10,19H,1-3H3. The Morgan fingerprint density at radius 3 is 2.38 bits per heavy atom. The Morgan fingerprint density at radius 1 is 1.05 bits per heavy atom. The van der Waals surface area contributed by atoms with E-state index in [4.69, 9.17) is 9.47 Å². The Labute approximate surface area is 137 Å². The van der Waals surface area contributed by atoms with E-state index in [0.29, 0.717) is 11.5 Å². The fourth-order valence-electron chi connectivity index (χ4n) is 2.05. The first kappa shape index (κ1) is 15.9. The highest BCUT2D eigenvalue weighted by Crippen LogP contribution is 2.31. The van der Waals surface area contributed by atoms with Crippen molar-refractivity contribution in [2.75, 3.05) is 19.5 Å². The second kappa shape index (κ2) is 6.98. The lowest BCUT2D eigenvalue weighted by atomic mass is 10.1. The van der Waals surface area contributed by atoms with Crippen LogP contribution in [0.25, 0.3) is 0 Å². The predicted octanol–water partition coefficient (Wildman–Crippen LogP) is 4.62. The first-order chi connectivity index (χ1) is 10.0. The Hall–Kier alpha value is -1.50. The van der Waals surface area contributed by atoms with Gasteiger partial charge in [0.15, 0.2) is 11.5 Å². The van der Waals surface area contributed by atoms with Crippen LogP contribution < -0.4 is 14.8 Å². The number of anilines is 1. The van der Waals surface area contributed by atoms with Crippen molar-refractivity contribution in [3.8, 4) is 11.5 Å². The van der Waals surface area contributed by atoms with E-state index in [9.17, 15) is 4.39 Å². The van der Waals surface area contributed by atoms with E-state index in [1.165, 1.54) is 12.1 Å². The second-order valence-electron chi connectivity index (χ2n) is 4.60. The molecule has 0 saturated carbocycles. The SMILES string of the molecule is COc1ccc(C(C)Nc2ccc(F)cc2I)cc1OC. The summed E-state index contributed by atoms with van der Waals surface area (Å²) in [5, 5.41) is 3.37. The Balaban J connectivity index is 2.21. The first-order valence-electron chi connectivity index (χ1n) is 6.48. The van der Waals surface area contributed by atoms with Gasteiger partial charge in [-0.2, -0.15) is 0 Å². The summed E-state index contributed by atoms with van der Waals surface area (Å²) in [6.07, 6.45) is 0. The molecule has 21 heavy (non-hydrogen) atoms. The van der Waals surface area contributed by atoms with Crippen molar-refractivity contribution in [3.05, 3.63) is 51.3 Å². The van der Waals surface area contributed by atoms with Crippen molar-refractivity contribution in [2.45, 2.75) is 13.0 Å². The fourth-order valence-corrected chi connectivity index (χ4v) is 2.68. The predicted molar refractivity (Wildman–Crippen MR) is 90.7 cm³/mol. The van der Waals surface area contributed by atoms with Gasteiger partial charge in [-0.1, -0.05) is 6.07 Å². The average molecular weight is 401 g/mol. The number of methoxy groups -OCH3 is 2. The molecule has 1 atom stereocenters. The minimum absolute atomic E-state index is 0.0591. The molecule has 112 valence electrons. The van der Waals surface area contributed by atoms with Crippen LogP contribution >= 0.6 is 22.6 Å². The molecular weight excluding hydrogens is 384 g/mol. The largest absolute Gasteiger partial charge is 0.493 e. The summed E-state index contributed by atoms with van der Waals surface area (Å²) < 4.78 is 24.5. The summed E-state index contributed by atoms with van der Waals surface area (Å²) in [6.45, 7) is 2.04. The third kappa shape index (κ3) is 3.78. The quantitative estimate of drug-likeness (QED) is 0.742. The van der Waals surface area contributed by atoms with Gasteiger partial charge in [-0.05, 0) is 65.4 Å². The summed E-state index contributed by atoms with van der Waals surface area (Å²) in [5.41, 5.74) is 1.96. The van der Waals surface area contributed by atoms with Crippen LogP contribution in [0.5, 0.6) is 11.5 Å². The summed E-state index contributed by atoms with van der Waals surface area (Å²) in [6, 6.07) is 10.6. The molecule has 2 rings (SSSR count). The molecule has 1 N–H and O–H groups in total. The maximum atomic E-state index is 13.1. The molecule has 0 bridgehead atoms. The average Bonchev–Trinajstić information content (AvgIpc) is 2.49. The molecule has 0 saturated heterocycles. The zero-order valence-corrected chi connectivity index (χ0v) is 14.3. The molecule has 0 radical (unpaired) electrons. The smallest absolute Gasteiger partial charge is 0.161 e. The molecule has 0 aromatic heterocycles. The second-order valence-corrected chi connectivity index (χ2v) is 5.77. The van der Waals surface area contributed by atoms with Gasteiger partial charge in [-0.25, -0.2) is 4.39 Å². The van der Waals surface area contributed by atoms with E-state index < -0.39 is 0 Å². The van der Waals surface area contributed by atoms with Crippen LogP contribution in [0.15, 0.2) is 36.4 Å². The van der Waals surface area contributed by atoms with E-state index in [1.54, 1.807) is 20.3 Å². The van der Waals surface area contributed by atoms with E-state index in [1.807, 2.05) is 25.1 Å². The maximum Gasteiger partial charge on any atom is 0.161 e. The molecule has 0 spiro atoms. The van der Waals surface area contributed by atoms with E-state index in [0.717, 1.165) is 14.8 Å². The highest BCUT2D eigenvalue weighted by atomic mass is 127. The van der Waals surface area contributed by atoms with Crippen LogP contribution in [0.1, 0.15) is 18.5 Å². The molecule has 0 aliphatic heterocycles. The van der Waals surface area contributed by atoms with Crippen molar-refractivity contribution < 1.29 is 13.9 Å². The molecule has 0 aliphatic rings. The first-order valence-corrected chi connectivity index (χ1v) is 7.56. The van der Waals surface area contributed by atoms with E-state index in [2.05, 4.69) is 27.9 Å². The minimum Gasteiger partial charge on any atom is -0.493 e. The highest BCUT2D eigenvalue weighted by molar-refractivity contribution is 14.1. The molecule has 3 nitrogen and oxygen atoms in total. The van der Waals surface area contributed by atoms with Gasteiger partial charge in [0.25, 0.3) is 0 Å².